The molecule has 1 aromatic rings. The maximum Gasteiger partial charge on any atom is 0.160 e. The second-order valence-electron chi connectivity index (χ2n) is 2.50. The molecule has 68 valence electrons. The summed E-state index contributed by atoms with van der Waals surface area (Å²) in [5.41, 5.74) is 1.08. The fraction of sp³-hybridized carbons (Fsp3) is 0.111. The number of benzene rings is 1. The summed E-state index contributed by atoms with van der Waals surface area (Å²) in [5.74, 6) is -0.0497. The third-order valence-electron chi connectivity index (χ3n) is 1.62. The van der Waals surface area contributed by atoms with Gasteiger partial charge in [-0.1, -0.05) is 0 Å². The van der Waals surface area contributed by atoms with Gasteiger partial charge < -0.3 is 0 Å². The van der Waals surface area contributed by atoms with Gasteiger partial charge in [-0.15, -0.1) is 0 Å². The van der Waals surface area contributed by atoms with Gasteiger partial charge in [-0.3, -0.25) is 9.59 Å². The molecular formula is C9H6BrIO2. The monoisotopic (exact) mass is 352 g/mol. The van der Waals surface area contributed by atoms with Crippen LogP contribution < -0.4 is 0 Å². The van der Waals surface area contributed by atoms with Crippen molar-refractivity contribution in [2.24, 2.45) is 0 Å². The molecule has 4 heteroatoms. The molecule has 0 bridgehead atoms. The predicted molar refractivity (Wildman–Crippen MR) is 62.3 cm³/mol. The summed E-state index contributed by atoms with van der Waals surface area (Å²) in [7, 11) is 0. The molecule has 0 amide bonds. The van der Waals surface area contributed by atoms with Crippen molar-refractivity contribution in [2.75, 3.05) is 0 Å². The third-order valence-corrected chi connectivity index (χ3v) is 3.42. The Morgan fingerprint density at radius 3 is 2.62 bits per heavy atom. The minimum Gasteiger partial charge on any atom is -0.298 e. The molecule has 0 spiro atoms. The summed E-state index contributed by atoms with van der Waals surface area (Å²) in [4.78, 5) is 21.8. The first-order chi connectivity index (χ1) is 6.07. The van der Waals surface area contributed by atoms with E-state index in [1.54, 1.807) is 12.1 Å². The quantitative estimate of drug-likeness (QED) is 0.465. The normalized spacial score (nSPS) is 9.77. The Morgan fingerprint density at radius 2 is 2.15 bits per heavy atom. The van der Waals surface area contributed by atoms with Crippen LogP contribution in [-0.4, -0.2) is 12.1 Å². The maximum absolute atomic E-state index is 11.1. The minimum atomic E-state index is -0.0497. The number of carbonyl (C=O) groups is 2. The Morgan fingerprint density at radius 1 is 1.54 bits per heavy atom. The van der Waals surface area contributed by atoms with E-state index in [9.17, 15) is 9.59 Å². The van der Waals surface area contributed by atoms with E-state index < -0.39 is 0 Å². The molecule has 0 radical (unpaired) electrons. The average Bonchev–Trinajstić information content (AvgIpc) is 2.04. The maximum atomic E-state index is 11.1. The number of hydrogen-bond donors (Lipinski definition) is 0. The lowest BCUT2D eigenvalue weighted by atomic mass is 10.1. The van der Waals surface area contributed by atoms with Crippen LogP contribution >= 0.6 is 38.5 Å². The van der Waals surface area contributed by atoms with Gasteiger partial charge in [0, 0.05) is 19.2 Å². The van der Waals surface area contributed by atoms with Gasteiger partial charge >= 0.3 is 0 Å². The SMILES string of the molecule is CC(=O)c1ccc(I)c(C=O)c1Br. The molecule has 0 aliphatic rings. The molecule has 0 heterocycles. The van der Waals surface area contributed by atoms with Gasteiger partial charge in [0.25, 0.3) is 0 Å². The Balaban J connectivity index is 3.44. The summed E-state index contributed by atoms with van der Waals surface area (Å²) < 4.78 is 1.42. The summed E-state index contributed by atoms with van der Waals surface area (Å²) >= 11 is 5.29. The van der Waals surface area contributed by atoms with Crippen molar-refractivity contribution in [3.63, 3.8) is 0 Å². The van der Waals surface area contributed by atoms with Gasteiger partial charge in [0.05, 0.1) is 0 Å². The highest BCUT2D eigenvalue weighted by molar-refractivity contribution is 14.1. The number of halogens is 2. The Labute approximate surface area is 98.0 Å². The molecular weight excluding hydrogens is 347 g/mol. The van der Waals surface area contributed by atoms with E-state index in [-0.39, 0.29) is 5.78 Å². The van der Waals surface area contributed by atoms with E-state index in [4.69, 9.17) is 0 Å². The molecule has 0 fully saturated rings. The number of hydrogen-bond acceptors (Lipinski definition) is 2. The first-order valence-electron chi connectivity index (χ1n) is 3.52. The van der Waals surface area contributed by atoms with Gasteiger partial charge in [-0.2, -0.15) is 0 Å². The number of Topliss-reactive ketones (excluding diaryl/α,β-unsaturated/α-hetero) is 1. The molecule has 0 atom stereocenters. The number of aldehydes is 1. The molecule has 0 unspecified atom stereocenters. The second kappa shape index (κ2) is 4.32. The minimum absolute atomic E-state index is 0.0497. The highest BCUT2D eigenvalue weighted by Gasteiger charge is 2.11. The molecule has 0 saturated carbocycles. The van der Waals surface area contributed by atoms with Crippen LogP contribution in [0, 0.1) is 3.57 Å². The van der Waals surface area contributed by atoms with E-state index in [1.807, 2.05) is 0 Å². The summed E-state index contributed by atoms with van der Waals surface area (Å²) in [6.07, 6.45) is 0.748. The van der Waals surface area contributed by atoms with Crippen molar-refractivity contribution in [1.82, 2.24) is 0 Å². The first kappa shape index (κ1) is 10.8. The lowest BCUT2D eigenvalue weighted by Gasteiger charge is -2.04. The predicted octanol–water partition coefficient (Wildman–Crippen LogP) is 3.07. The first-order valence-corrected chi connectivity index (χ1v) is 5.39. The van der Waals surface area contributed by atoms with Crippen molar-refractivity contribution in [2.45, 2.75) is 6.92 Å². The third kappa shape index (κ3) is 2.17. The number of carbonyl (C=O) groups excluding carboxylic acids is 2. The van der Waals surface area contributed by atoms with E-state index in [0.717, 1.165) is 9.86 Å². The van der Waals surface area contributed by atoms with E-state index in [0.29, 0.717) is 15.6 Å². The fourth-order valence-corrected chi connectivity index (χ4v) is 2.61. The smallest absolute Gasteiger partial charge is 0.160 e. The fourth-order valence-electron chi connectivity index (χ4n) is 0.949. The summed E-state index contributed by atoms with van der Waals surface area (Å²) in [6.45, 7) is 1.47. The van der Waals surface area contributed by atoms with Crippen LogP contribution in [0.2, 0.25) is 0 Å². The number of ketones is 1. The zero-order valence-electron chi connectivity index (χ0n) is 6.80. The van der Waals surface area contributed by atoms with Gasteiger partial charge in [-0.05, 0) is 57.6 Å². The van der Waals surface area contributed by atoms with Crippen LogP contribution in [0.3, 0.4) is 0 Å². The largest absolute Gasteiger partial charge is 0.298 e. The lowest BCUT2D eigenvalue weighted by Crippen LogP contribution is -1.98. The molecule has 0 saturated heterocycles. The topological polar surface area (TPSA) is 34.1 Å². The van der Waals surface area contributed by atoms with Gasteiger partial charge in [-0.25, -0.2) is 0 Å². The van der Waals surface area contributed by atoms with E-state index in [1.165, 1.54) is 6.92 Å². The molecule has 0 N–H and O–H groups in total. The van der Waals surface area contributed by atoms with Crippen LogP contribution in [0.5, 0.6) is 0 Å². The van der Waals surface area contributed by atoms with Gasteiger partial charge in [0.1, 0.15) is 0 Å². The summed E-state index contributed by atoms with van der Waals surface area (Å²) in [5, 5.41) is 0. The van der Waals surface area contributed by atoms with Crippen molar-refractivity contribution in [3.05, 3.63) is 31.3 Å². The molecule has 0 aromatic heterocycles. The highest BCUT2D eigenvalue weighted by Crippen LogP contribution is 2.25. The van der Waals surface area contributed by atoms with Crippen LogP contribution in [0.1, 0.15) is 27.6 Å². The van der Waals surface area contributed by atoms with Gasteiger partial charge in [0.2, 0.25) is 0 Å². The molecule has 13 heavy (non-hydrogen) atoms. The highest BCUT2D eigenvalue weighted by atomic mass is 127. The Hall–Kier alpha value is -0.230. The molecule has 0 aliphatic carbocycles. The molecule has 1 rings (SSSR count). The van der Waals surface area contributed by atoms with E-state index >= 15 is 0 Å². The van der Waals surface area contributed by atoms with Crippen LogP contribution in [0.25, 0.3) is 0 Å². The summed E-state index contributed by atoms with van der Waals surface area (Å²) in [6, 6.07) is 3.47. The zero-order chi connectivity index (χ0) is 10.0. The standard InChI is InChI=1S/C9H6BrIO2/c1-5(13)6-2-3-8(11)7(4-12)9(6)10/h2-4H,1H3. The van der Waals surface area contributed by atoms with Crippen LogP contribution in [0.15, 0.2) is 16.6 Å². The molecule has 1 aromatic carbocycles. The number of rotatable bonds is 2. The van der Waals surface area contributed by atoms with Gasteiger partial charge in [0.15, 0.2) is 12.1 Å². The van der Waals surface area contributed by atoms with Crippen molar-refractivity contribution in [1.29, 1.82) is 0 Å². The average molecular weight is 353 g/mol. The Kier molecular flexibility index (Phi) is 3.61. The Bertz CT molecular complexity index is 374. The lowest BCUT2D eigenvalue weighted by molar-refractivity contribution is 0.101. The molecule has 2 nitrogen and oxygen atoms in total. The van der Waals surface area contributed by atoms with Crippen molar-refractivity contribution in [3.8, 4) is 0 Å². The van der Waals surface area contributed by atoms with E-state index in [2.05, 4.69) is 38.5 Å². The molecule has 0 aliphatic heterocycles. The van der Waals surface area contributed by atoms with Crippen molar-refractivity contribution < 1.29 is 9.59 Å². The van der Waals surface area contributed by atoms with Crippen molar-refractivity contribution >= 4 is 50.6 Å². The zero-order valence-corrected chi connectivity index (χ0v) is 10.5. The van der Waals surface area contributed by atoms with Crippen LogP contribution in [-0.2, 0) is 0 Å². The van der Waals surface area contributed by atoms with Crippen LogP contribution in [0.4, 0.5) is 0 Å². The second-order valence-corrected chi connectivity index (χ2v) is 4.45.